The van der Waals surface area contributed by atoms with Crippen molar-refractivity contribution in [1.29, 1.82) is 0 Å². The van der Waals surface area contributed by atoms with E-state index in [0.717, 1.165) is 30.3 Å². The molecule has 3 N–H and O–H groups in total. The van der Waals surface area contributed by atoms with Crippen LogP contribution in [0.25, 0.3) is 0 Å². The molecule has 2 rings (SSSR count). The van der Waals surface area contributed by atoms with Gasteiger partial charge in [-0.3, -0.25) is 9.59 Å². The highest BCUT2D eigenvalue weighted by Gasteiger charge is 2.22. The zero-order valence-electron chi connectivity index (χ0n) is 11.6. The lowest BCUT2D eigenvalue weighted by molar-refractivity contribution is -0.115. The van der Waals surface area contributed by atoms with Crippen LogP contribution in [0.4, 0.5) is 5.00 Å². The van der Waals surface area contributed by atoms with E-state index < -0.39 is 5.91 Å². The van der Waals surface area contributed by atoms with E-state index in [9.17, 15) is 9.59 Å². The van der Waals surface area contributed by atoms with Crippen molar-refractivity contribution in [3.63, 3.8) is 0 Å². The van der Waals surface area contributed by atoms with Gasteiger partial charge in [0.25, 0.3) is 5.91 Å². The molecule has 0 aromatic carbocycles. The van der Waals surface area contributed by atoms with Crippen molar-refractivity contribution in [2.45, 2.75) is 25.0 Å². The minimum absolute atomic E-state index is 0.175. The number of nitrogens with zero attached hydrogens (tertiary/aromatic N) is 1. The van der Waals surface area contributed by atoms with Gasteiger partial charge in [0.1, 0.15) is 9.32 Å². The lowest BCUT2D eigenvalue weighted by Crippen LogP contribution is -2.29. The summed E-state index contributed by atoms with van der Waals surface area (Å²) in [7, 11) is 0. The van der Waals surface area contributed by atoms with Gasteiger partial charge >= 0.3 is 0 Å². The molecule has 8 heteroatoms. The number of hydrogen-bond donors (Lipinski definition) is 2. The summed E-state index contributed by atoms with van der Waals surface area (Å²) in [5.74, 6) is -0.717. The smallest absolute Gasteiger partial charge is 0.251 e. The van der Waals surface area contributed by atoms with E-state index in [2.05, 4.69) is 10.2 Å². The maximum atomic E-state index is 12.2. The Labute approximate surface area is 137 Å². The molecule has 1 aromatic heterocycles. The molecular formula is C13H17N3O2S3. The van der Waals surface area contributed by atoms with E-state index in [1.165, 1.54) is 23.1 Å². The van der Waals surface area contributed by atoms with Crippen LogP contribution in [0.1, 0.15) is 30.1 Å². The van der Waals surface area contributed by atoms with Crippen LogP contribution in [-0.2, 0) is 4.79 Å². The summed E-state index contributed by atoms with van der Waals surface area (Å²) < 4.78 is 0.761. The fourth-order valence-electron chi connectivity index (χ4n) is 1.99. The van der Waals surface area contributed by atoms with E-state index >= 15 is 0 Å². The number of amides is 2. The molecule has 0 spiro atoms. The first-order valence-electron chi connectivity index (χ1n) is 6.62. The number of carbonyl (C=O) groups is 2. The maximum absolute atomic E-state index is 12.2. The molecule has 1 aliphatic heterocycles. The van der Waals surface area contributed by atoms with Crippen molar-refractivity contribution in [1.82, 2.24) is 4.90 Å². The molecule has 1 atom stereocenters. The highest BCUT2D eigenvalue weighted by molar-refractivity contribution is 8.23. The standard InChI is InChI=1S/C13H17N3O2S3/c1-8(21-13(19)16-5-2-3-6-16)11(18)15-12-9(10(14)17)4-7-20-12/h4,7-8H,2-3,5-6H2,1H3,(H2,14,17)(H,15,18)/t8-/m0/s1. The molecule has 2 amide bonds. The molecule has 0 unspecified atom stereocenters. The third-order valence-corrected chi connectivity index (χ3v) is 5.58. The lowest BCUT2D eigenvalue weighted by Gasteiger charge is -2.20. The van der Waals surface area contributed by atoms with E-state index in [1.54, 1.807) is 18.4 Å². The highest BCUT2D eigenvalue weighted by atomic mass is 32.2. The first-order chi connectivity index (χ1) is 9.99. The summed E-state index contributed by atoms with van der Waals surface area (Å²) in [4.78, 5) is 25.5. The Morgan fingerprint density at radius 3 is 2.76 bits per heavy atom. The summed E-state index contributed by atoms with van der Waals surface area (Å²) in [6.07, 6.45) is 2.30. The summed E-state index contributed by atoms with van der Waals surface area (Å²) in [5.41, 5.74) is 5.60. The first kappa shape index (κ1) is 16.3. The minimum Gasteiger partial charge on any atom is -0.366 e. The molecule has 5 nitrogen and oxygen atoms in total. The zero-order valence-corrected chi connectivity index (χ0v) is 14.1. The molecule has 1 saturated heterocycles. The molecule has 114 valence electrons. The predicted octanol–water partition coefficient (Wildman–Crippen LogP) is 2.29. The predicted molar refractivity (Wildman–Crippen MR) is 91.9 cm³/mol. The average Bonchev–Trinajstić information content (AvgIpc) is 3.09. The number of rotatable bonds is 4. The fourth-order valence-corrected chi connectivity index (χ4v) is 4.20. The minimum atomic E-state index is -0.542. The highest BCUT2D eigenvalue weighted by Crippen LogP contribution is 2.25. The van der Waals surface area contributed by atoms with Crippen LogP contribution in [0.2, 0.25) is 0 Å². The van der Waals surface area contributed by atoms with Gasteiger partial charge in [0.15, 0.2) is 0 Å². The van der Waals surface area contributed by atoms with Gasteiger partial charge in [0, 0.05) is 13.1 Å². The van der Waals surface area contributed by atoms with Crippen molar-refractivity contribution >= 4 is 56.5 Å². The Kier molecular flexibility index (Phi) is 5.60. The van der Waals surface area contributed by atoms with E-state index in [0.29, 0.717) is 10.6 Å². The third kappa shape index (κ3) is 4.18. The molecule has 0 saturated carbocycles. The van der Waals surface area contributed by atoms with Crippen molar-refractivity contribution in [2.24, 2.45) is 5.73 Å². The van der Waals surface area contributed by atoms with Gasteiger partial charge in [-0.05, 0) is 31.2 Å². The second-order valence-corrected chi connectivity index (χ2v) is 7.63. The van der Waals surface area contributed by atoms with Crippen LogP contribution in [-0.4, -0.2) is 39.4 Å². The normalized spacial score (nSPS) is 15.8. The van der Waals surface area contributed by atoms with Gasteiger partial charge in [-0.25, -0.2) is 0 Å². The number of nitrogens with one attached hydrogen (secondary N) is 1. The molecule has 21 heavy (non-hydrogen) atoms. The second kappa shape index (κ2) is 7.24. The monoisotopic (exact) mass is 343 g/mol. The van der Waals surface area contributed by atoms with Gasteiger partial charge < -0.3 is 16.0 Å². The van der Waals surface area contributed by atoms with Crippen LogP contribution < -0.4 is 11.1 Å². The number of thiocarbonyl (C=S) groups is 1. The van der Waals surface area contributed by atoms with Gasteiger partial charge in [-0.1, -0.05) is 24.0 Å². The maximum Gasteiger partial charge on any atom is 0.251 e. The number of thiophene rings is 1. The number of primary amides is 1. The number of carbonyl (C=O) groups excluding carboxylic acids is 2. The summed E-state index contributed by atoms with van der Waals surface area (Å²) in [6, 6.07) is 1.61. The van der Waals surface area contributed by atoms with Crippen molar-refractivity contribution < 1.29 is 9.59 Å². The number of hydrogen-bond acceptors (Lipinski definition) is 5. The van der Waals surface area contributed by atoms with Crippen LogP contribution in [0.5, 0.6) is 0 Å². The van der Waals surface area contributed by atoms with E-state index in [1.807, 2.05) is 0 Å². The quantitative estimate of drug-likeness (QED) is 0.821. The molecule has 1 aliphatic rings. The lowest BCUT2D eigenvalue weighted by atomic mass is 10.3. The summed E-state index contributed by atoms with van der Waals surface area (Å²) in [5, 5.41) is 4.65. The second-order valence-electron chi connectivity index (χ2n) is 4.74. The number of likely N-dealkylation sites (tertiary alicyclic amines) is 1. The third-order valence-electron chi connectivity index (χ3n) is 3.18. The first-order valence-corrected chi connectivity index (χ1v) is 8.79. The molecular weight excluding hydrogens is 326 g/mol. The molecule has 1 fully saturated rings. The van der Waals surface area contributed by atoms with Crippen LogP contribution in [0.15, 0.2) is 11.4 Å². The summed E-state index contributed by atoms with van der Waals surface area (Å²) >= 11 is 8.02. The Morgan fingerprint density at radius 1 is 1.48 bits per heavy atom. The SMILES string of the molecule is C[C@H](SC(=S)N1CCCC1)C(=O)Nc1sccc1C(N)=O. The largest absolute Gasteiger partial charge is 0.366 e. The Balaban J connectivity index is 1.91. The zero-order chi connectivity index (χ0) is 15.4. The number of nitrogens with two attached hydrogens (primary N) is 1. The molecule has 0 radical (unpaired) electrons. The van der Waals surface area contributed by atoms with Gasteiger partial charge in [-0.15, -0.1) is 11.3 Å². The topological polar surface area (TPSA) is 75.4 Å². The molecule has 0 aliphatic carbocycles. The Hall–Kier alpha value is -1.12. The van der Waals surface area contributed by atoms with Crippen molar-refractivity contribution in [2.75, 3.05) is 18.4 Å². The number of thioether (sulfide) groups is 1. The van der Waals surface area contributed by atoms with Crippen LogP contribution in [0.3, 0.4) is 0 Å². The van der Waals surface area contributed by atoms with Gasteiger partial charge in [0.05, 0.1) is 10.8 Å². The Bertz CT molecular complexity index is 553. The van der Waals surface area contributed by atoms with Gasteiger partial charge in [-0.2, -0.15) is 0 Å². The van der Waals surface area contributed by atoms with Gasteiger partial charge in [0.2, 0.25) is 5.91 Å². The van der Waals surface area contributed by atoms with Crippen LogP contribution >= 0.6 is 35.3 Å². The average molecular weight is 343 g/mol. The Morgan fingerprint density at radius 2 is 2.14 bits per heavy atom. The molecule has 1 aromatic rings. The van der Waals surface area contributed by atoms with Crippen LogP contribution in [0, 0.1) is 0 Å². The van der Waals surface area contributed by atoms with Crippen molar-refractivity contribution in [3.8, 4) is 0 Å². The molecule has 2 heterocycles. The van der Waals surface area contributed by atoms with Crippen molar-refractivity contribution in [3.05, 3.63) is 17.0 Å². The fraction of sp³-hybridized carbons (Fsp3) is 0.462. The molecule has 0 bridgehead atoms. The summed E-state index contributed by atoms with van der Waals surface area (Å²) in [6.45, 7) is 3.74. The van der Waals surface area contributed by atoms with E-state index in [-0.39, 0.29) is 11.2 Å². The van der Waals surface area contributed by atoms with E-state index in [4.69, 9.17) is 18.0 Å². The number of anilines is 1.